The standard InChI is InChI=1S/C17H28N4O/c1-4-14-7-5-6-10-21(14)17(22)15-11-16(20-12-19-15)18-9-8-13(2)3/h11-14H,4-10H2,1-3H3,(H,18,19,20). The Morgan fingerprint density at radius 3 is 2.95 bits per heavy atom. The molecule has 0 bridgehead atoms. The van der Waals surface area contributed by atoms with Gasteiger partial charge in [-0.25, -0.2) is 9.97 Å². The van der Waals surface area contributed by atoms with Crippen LogP contribution in [0.15, 0.2) is 12.4 Å². The number of nitrogens with zero attached hydrogens (tertiary/aromatic N) is 3. The summed E-state index contributed by atoms with van der Waals surface area (Å²) in [4.78, 5) is 23.1. The molecule has 0 radical (unpaired) electrons. The van der Waals surface area contributed by atoms with Crippen LogP contribution in [0.2, 0.25) is 0 Å². The maximum absolute atomic E-state index is 12.7. The van der Waals surface area contributed by atoms with E-state index in [2.05, 4.69) is 36.1 Å². The molecule has 5 nitrogen and oxygen atoms in total. The highest BCUT2D eigenvalue weighted by molar-refractivity contribution is 5.93. The van der Waals surface area contributed by atoms with Gasteiger partial charge >= 0.3 is 0 Å². The lowest BCUT2D eigenvalue weighted by atomic mass is 9.99. The van der Waals surface area contributed by atoms with Crippen LogP contribution < -0.4 is 5.32 Å². The average molecular weight is 304 g/mol. The smallest absolute Gasteiger partial charge is 0.272 e. The molecule has 122 valence electrons. The fourth-order valence-electron chi connectivity index (χ4n) is 2.90. The number of likely N-dealkylation sites (tertiary alicyclic amines) is 1. The van der Waals surface area contributed by atoms with Crippen LogP contribution in [0.1, 0.15) is 63.4 Å². The van der Waals surface area contributed by atoms with Crippen LogP contribution in [0.4, 0.5) is 5.82 Å². The molecule has 1 amide bonds. The number of aromatic nitrogens is 2. The number of nitrogens with one attached hydrogen (secondary N) is 1. The van der Waals surface area contributed by atoms with Gasteiger partial charge in [0.1, 0.15) is 17.8 Å². The summed E-state index contributed by atoms with van der Waals surface area (Å²) in [6.07, 6.45) is 6.98. The van der Waals surface area contributed by atoms with E-state index in [1.807, 2.05) is 4.90 Å². The minimum Gasteiger partial charge on any atom is -0.370 e. The Morgan fingerprint density at radius 2 is 2.23 bits per heavy atom. The van der Waals surface area contributed by atoms with E-state index in [0.29, 0.717) is 17.7 Å². The second-order valence-electron chi connectivity index (χ2n) is 6.45. The molecule has 0 aromatic carbocycles. The molecule has 5 heteroatoms. The quantitative estimate of drug-likeness (QED) is 0.875. The molecule has 1 aliphatic rings. The van der Waals surface area contributed by atoms with Crippen LogP contribution in [0.3, 0.4) is 0 Å². The maximum Gasteiger partial charge on any atom is 0.272 e. The van der Waals surface area contributed by atoms with Gasteiger partial charge < -0.3 is 10.2 Å². The molecule has 1 unspecified atom stereocenters. The fraction of sp³-hybridized carbons (Fsp3) is 0.706. The van der Waals surface area contributed by atoms with Crippen LogP contribution in [0, 0.1) is 5.92 Å². The summed E-state index contributed by atoms with van der Waals surface area (Å²) in [7, 11) is 0. The molecule has 1 aliphatic heterocycles. The Hall–Kier alpha value is -1.65. The molecule has 0 spiro atoms. The zero-order valence-corrected chi connectivity index (χ0v) is 14.0. The van der Waals surface area contributed by atoms with Gasteiger partial charge in [-0.2, -0.15) is 0 Å². The number of carbonyl (C=O) groups is 1. The molecule has 1 N–H and O–H groups in total. The van der Waals surface area contributed by atoms with Crippen molar-refractivity contribution in [2.75, 3.05) is 18.4 Å². The third-order valence-corrected chi connectivity index (χ3v) is 4.27. The van der Waals surface area contributed by atoms with Crippen LogP contribution in [-0.2, 0) is 0 Å². The number of hydrogen-bond acceptors (Lipinski definition) is 4. The third kappa shape index (κ3) is 4.42. The summed E-state index contributed by atoms with van der Waals surface area (Å²) < 4.78 is 0. The molecule has 0 aliphatic carbocycles. The van der Waals surface area contributed by atoms with Crippen molar-refractivity contribution in [3.8, 4) is 0 Å². The molecule has 1 atom stereocenters. The molecule has 1 saturated heterocycles. The Morgan fingerprint density at radius 1 is 1.41 bits per heavy atom. The first-order chi connectivity index (χ1) is 10.6. The largest absolute Gasteiger partial charge is 0.370 e. The topological polar surface area (TPSA) is 58.1 Å². The zero-order chi connectivity index (χ0) is 15.9. The van der Waals surface area contributed by atoms with Gasteiger partial charge in [-0.3, -0.25) is 4.79 Å². The van der Waals surface area contributed by atoms with E-state index in [9.17, 15) is 4.79 Å². The highest BCUT2D eigenvalue weighted by Crippen LogP contribution is 2.21. The fourth-order valence-corrected chi connectivity index (χ4v) is 2.90. The summed E-state index contributed by atoms with van der Waals surface area (Å²) in [6.45, 7) is 8.24. The lowest BCUT2D eigenvalue weighted by Crippen LogP contribution is -2.43. The van der Waals surface area contributed by atoms with Gasteiger partial charge in [0.05, 0.1) is 0 Å². The van der Waals surface area contributed by atoms with Crippen molar-refractivity contribution in [2.24, 2.45) is 5.92 Å². The second-order valence-corrected chi connectivity index (χ2v) is 6.45. The van der Waals surface area contributed by atoms with Crippen molar-refractivity contribution >= 4 is 11.7 Å². The van der Waals surface area contributed by atoms with Gasteiger partial charge in [-0.15, -0.1) is 0 Å². The zero-order valence-electron chi connectivity index (χ0n) is 14.0. The van der Waals surface area contributed by atoms with E-state index < -0.39 is 0 Å². The highest BCUT2D eigenvalue weighted by Gasteiger charge is 2.27. The predicted octanol–water partition coefficient (Wildman–Crippen LogP) is 3.34. The molecule has 1 aromatic heterocycles. The summed E-state index contributed by atoms with van der Waals surface area (Å²) >= 11 is 0. The van der Waals surface area contributed by atoms with E-state index in [4.69, 9.17) is 0 Å². The van der Waals surface area contributed by atoms with Gasteiger partial charge in [-0.05, 0) is 38.0 Å². The molecule has 22 heavy (non-hydrogen) atoms. The van der Waals surface area contributed by atoms with Gasteiger partial charge in [0, 0.05) is 25.2 Å². The summed E-state index contributed by atoms with van der Waals surface area (Å²) in [5.74, 6) is 1.43. The Labute approximate surface area is 133 Å². The average Bonchev–Trinajstić information content (AvgIpc) is 2.54. The first-order valence-electron chi connectivity index (χ1n) is 8.48. The van der Waals surface area contributed by atoms with Crippen molar-refractivity contribution in [1.29, 1.82) is 0 Å². The van der Waals surface area contributed by atoms with Crippen LogP contribution >= 0.6 is 0 Å². The van der Waals surface area contributed by atoms with Crippen molar-refractivity contribution in [3.63, 3.8) is 0 Å². The molecule has 2 heterocycles. The summed E-state index contributed by atoms with van der Waals surface area (Å²) in [6, 6.07) is 2.14. The number of anilines is 1. The summed E-state index contributed by atoms with van der Waals surface area (Å²) in [5.41, 5.74) is 0.502. The van der Waals surface area contributed by atoms with E-state index >= 15 is 0 Å². The molecule has 2 rings (SSSR count). The number of amides is 1. The van der Waals surface area contributed by atoms with Gasteiger partial charge in [0.15, 0.2) is 0 Å². The highest BCUT2D eigenvalue weighted by atomic mass is 16.2. The van der Waals surface area contributed by atoms with E-state index in [1.54, 1.807) is 6.07 Å². The van der Waals surface area contributed by atoms with Gasteiger partial charge in [-0.1, -0.05) is 20.8 Å². The second kappa shape index (κ2) is 8.11. The molecule has 0 saturated carbocycles. The van der Waals surface area contributed by atoms with Crippen molar-refractivity contribution in [2.45, 2.75) is 58.9 Å². The first kappa shape index (κ1) is 16.7. The SMILES string of the molecule is CCC1CCCCN1C(=O)c1cc(NCCC(C)C)ncn1. The van der Waals surface area contributed by atoms with Crippen molar-refractivity contribution in [1.82, 2.24) is 14.9 Å². The van der Waals surface area contributed by atoms with E-state index in [1.165, 1.54) is 12.7 Å². The number of piperidine rings is 1. The van der Waals surface area contributed by atoms with Crippen molar-refractivity contribution < 1.29 is 4.79 Å². The molecule has 1 fully saturated rings. The Bertz CT molecular complexity index is 489. The lowest BCUT2D eigenvalue weighted by Gasteiger charge is -2.35. The number of carbonyl (C=O) groups excluding carboxylic acids is 1. The van der Waals surface area contributed by atoms with Gasteiger partial charge in [0.25, 0.3) is 5.91 Å². The van der Waals surface area contributed by atoms with Crippen molar-refractivity contribution in [3.05, 3.63) is 18.1 Å². The minimum atomic E-state index is 0.0425. The van der Waals surface area contributed by atoms with Gasteiger partial charge in [0.2, 0.25) is 0 Å². The number of rotatable bonds is 6. The van der Waals surface area contributed by atoms with Crippen LogP contribution in [0.5, 0.6) is 0 Å². The number of hydrogen-bond donors (Lipinski definition) is 1. The monoisotopic (exact) mass is 304 g/mol. The predicted molar refractivity (Wildman–Crippen MR) is 88.9 cm³/mol. The minimum absolute atomic E-state index is 0.0425. The Balaban J connectivity index is 2.03. The first-order valence-corrected chi connectivity index (χ1v) is 8.48. The molecular formula is C17H28N4O. The van der Waals surface area contributed by atoms with E-state index in [0.717, 1.165) is 44.6 Å². The summed E-state index contributed by atoms with van der Waals surface area (Å²) in [5, 5.41) is 3.28. The maximum atomic E-state index is 12.7. The van der Waals surface area contributed by atoms with E-state index in [-0.39, 0.29) is 5.91 Å². The Kier molecular flexibility index (Phi) is 6.16. The molecular weight excluding hydrogens is 276 g/mol. The third-order valence-electron chi connectivity index (χ3n) is 4.27. The normalized spacial score (nSPS) is 18.5. The molecule has 1 aromatic rings. The van der Waals surface area contributed by atoms with Crippen LogP contribution in [-0.4, -0.2) is 39.9 Å². The lowest BCUT2D eigenvalue weighted by molar-refractivity contribution is 0.0602. The van der Waals surface area contributed by atoms with Crippen LogP contribution in [0.25, 0.3) is 0 Å².